The van der Waals surface area contributed by atoms with Gasteiger partial charge in [-0.1, -0.05) is 40.9 Å². The van der Waals surface area contributed by atoms with Crippen molar-refractivity contribution in [3.05, 3.63) is 62.4 Å². The highest BCUT2D eigenvalue weighted by Crippen LogP contribution is 2.43. The maximum absolute atomic E-state index is 13.4. The smallest absolute Gasteiger partial charge is 0.303 e. The topological polar surface area (TPSA) is 57.5 Å². The monoisotopic (exact) mass is 436 g/mol. The number of phenols is 1. The summed E-state index contributed by atoms with van der Waals surface area (Å²) in [5.41, 5.74) is 4.63. The molecule has 146 valence electrons. The molecule has 1 atom stereocenters. The quantitative estimate of drug-likeness (QED) is 0.471. The number of phenolic OH excluding ortho intramolecular Hbond substituents is 1. The van der Waals surface area contributed by atoms with E-state index in [9.17, 15) is 14.3 Å². The lowest BCUT2D eigenvalue weighted by Gasteiger charge is -2.24. The number of aromatic hydroxyl groups is 1. The van der Waals surface area contributed by atoms with E-state index >= 15 is 0 Å². The molecular weight excluding hydrogens is 411 g/mol. The van der Waals surface area contributed by atoms with Crippen molar-refractivity contribution in [1.29, 1.82) is 0 Å². The summed E-state index contributed by atoms with van der Waals surface area (Å²) in [6.45, 7) is 5.84. The summed E-state index contributed by atoms with van der Waals surface area (Å²) in [6.07, 6.45) is 3.19. The van der Waals surface area contributed by atoms with Crippen LogP contribution in [0, 0.1) is 26.6 Å². The first kappa shape index (κ1) is 21.4. The molecule has 0 bridgehead atoms. The zero-order valence-corrected chi connectivity index (χ0v) is 17.6. The average Bonchev–Trinajstić information content (AvgIpc) is 2.63. The summed E-state index contributed by atoms with van der Waals surface area (Å²) in [5, 5.41) is 19.7. The molecule has 0 aromatic heterocycles. The third-order valence-corrected chi connectivity index (χ3v) is 6.43. The number of carboxylic acid groups (broad SMARTS) is 1. The van der Waals surface area contributed by atoms with Crippen LogP contribution in [-0.2, 0) is 4.79 Å². The Bertz CT molecular complexity index is 786. The molecule has 0 aliphatic rings. The van der Waals surface area contributed by atoms with Gasteiger partial charge in [-0.25, -0.2) is 4.39 Å². The molecule has 27 heavy (non-hydrogen) atoms. The third-order valence-electron chi connectivity index (χ3n) is 5.24. The second-order valence-electron chi connectivity index (χ2n) is 7.05. The number of halogens is 2. The Labute approximate surface area is 168 Å². The van der Waals surface area contributed by atoms with Crippen LogP contribution in [0.15, 0.2) is 28.7 Å². The minimum Gasteiger partial charge on any atom is -0.507 e. The van der Waals surface area contributed by atoms with Crippen molar-refractivity contribution in [1.82, 2.24) is 0 Å². The third kappa shape index (κ3) is 5.10. The standard InChI is InChI=1S/C22H26BrFO3/c1-13-14(2)22(27)20(15(3)21(13)23)18(7-5-4-6-8-19(25)26)16-9-11-17(24)12-10-16/h9-12,18,27H,4-8H2,1-3H3,(H,25,26). The SMILES string of the molecule is Cc1c(C)c(Br)c(C)c(C(CCCCCC(=O)O)c2ccc(F)cc2)c1O. The normalized spacial score (nSPS) is 12.2. The summed E-state index contributed by atoms with van der Waals surface area (Å²) in [5.74, 6) is -0.864. The molecule has 2 rings (SSSR count). The zero-order valence-electron chi connectivity index (χ0n) is 16.0. The number of hydrogen-bond acceptors (Lipinski definition) is 2. The molecule has 0 heterocycles. The van der Waals surface area contributed by atoms with E-state index in [1.807, 2.05) is 20.8 Å². The van der Waals surface area contributed by atoms with Crippen molar-refractivity contribution in [2.24, 2.45) is 0 Å². The fourth-order valence-corrected chi connectivity index (χ4v) is 4.03. The molecule has 0 aliphatic heterocycles. The van der Waals surface area contributed by atoms with Gasteiger partial charge >= 0.3 is 5.97 Å². The second-order valence-corrected chi connectivity index (χ2v) is 7.84. The molecule has 3 nitrogen and oxygen atoms in total. The fraction of sp³-hybridized carbons (Fsp3) is 0.409. The Balaban J connectivity index is 2.38. The Hall–Kier alpha value is -1.88. The first-order valence-electron chi connectivity index (χ1n) is 9.19. The van der Waals surface area contributed by atoms with Crippen LogP contribution < -0.4 is 0 Å². The van der Waals surface area contributed by atoms with Gasteiger partial charge in [0.25, 0.3) is 0 Å². The van der Waals surface area contributed by atoms with E-state index in [-0.39, 0.29) is 23.9 Å². The molecular formula is C22H26BrFO3. The van der Waals surface area contributed by atoms with Crippen molar-refractivity contribution in [2.75, 3.05) is 0 Å². The highest BCUT2D eigenvalue weighted by atomic mass is 79.9. The Morgan fingerprint density at radius 3 is 2.26 bits per heavy atom. The lowest BCUT2D eigenvalue weighted by atomic mass is 9.82. The number of benzene rings is 2. The number of carbonyl (C=O) groups is 1. The van der Waals surface area contributed by atoms with Crippen LogP contribution in [0.5, 0.6) is 5.75 Å². The molecule has 0 aliphatic carbocycles. The minimum absolute atomic E-state index is 0.0778. The van der Waals surface area contributed by atoms with Crippen LogP contribution >= 0.6 is 15.9 Å². The molecule has 2 aromatic rings. The highest BCUT2D eigenvalue weighted by Gasteiger charge is 2.24. The minimum atomic E-state index is -0.781. The van der Waals surface area contributed by atoms with Gasteiger partial charge in [0, 0.05) is 22.4 Å². The predicted octanol–water partition coefficient (Wildman–Crippen LogP) is 6.39. The van der Waals surface area contributed by atoms with Gasteiger partial charge in [-0.15, -0.1) is 0 Å². The number of aliphatic carboxylic acids is 1. The van der Waals surface area contributed by atoms with Gasteiger partial charge in [-0.05, 0) is 68.0 Å². The van der Waals surface area contributed by atoms with Crippen molar-refractivity contribution >= 4 is 21.9 Å². The van der Waals surface area contributed by atoms with Crippen molar-refractivity contribution in [3.63, 3.8) is 0 Å². The zero-order chi connectivity index (χ0) is 20.1. The molecule has 2 aromatic carbocycles. The van der Waals surface area contributed by atoms with Gasteiger partial charge in [0.05, 0.1) is 0 Å². The van der Waals surface area contributed by atoms with E-state index in [2.05, 4.69) is 15.9 Å². The Morgan fingerprint density at radius 2 is 1.67 bits per heavy atom. The summed E-state index contributed by atoms with van der Waals surface area (Å²) < 4.78 is 14.4. The Morgan fingerprint density at radius 1 is 1.04 bits per heavy atom. The molecule has 0 radical (unpaired) electrons. The fourth-order valence-electron chi connectivity index (χ4n) is 3.52. The number of unbranched alkanes of at least 4 members (excludes halogenated alkanes) is 2. The maximum Gasteiger partial charge on any atom is 0.303 e. The average molecular weight is 437 g/mol. The first-order chi connectivity index (χ1) is 12.7. The lowest BCUT2D eigenvalue weighted by molar-refractivity contribution is -0.137. The summed E-state index contributed by atoms with van der Waals surface area (Å²) in [4.78, 5) is 10.7. The van der Waals surface area contributed by atoms with Crippen LogP contribution in [0.3, 0.4) is 0 Å². The molecule has 1 unspecified atom stereocenters. The molecule has 0 saturated carbocycles. The van der Waals surface area contributed by atoms with Gasteiger partial charge < -0.3 is 10.2 Å². The maximum atomic E-state index is 13.4. The van der Waals surface area contributed by atoms with Gasteiger partial charge in [0.15, 0.2) is 0 Å². The van der Waals surface area contributed by atoms with Crippen LogP contribution in [-0.4, -0.2) is 16.2 Å². The molecule has 0 fully saturated rings. The van der Waals surface area contributed by atoms with Gasteiger partial charge in [-0.2, -0.15) is 0 Å². The van der Waals surface area contributed by atoms with E-state index in [1.165, 1.54) is 12.1 Å². The van der Waals surface area contributed by atoms with Gasteiger partial charge in [0.1, 0.15) is 11.6 Å². The number of carboxylic acids is 1. The predicted molar refractivity (Wildman–Crippen MR) is 109 cm³/mol. The van der Waals surface area contributed by atoms with Crippen LogP contribution in [0.1, 0.15) is 65.8 Å². The van der Waals surface area contributed by atoms with Crippen molar-refractivity contribution in [3.8, 4) is 5.75 Å². The van der Waals surface area contributed by atoms with Crippen LogP contribution in [0.4, 0.5) is 4.39 Å². The molecule has 0 saturated heterocycles. The van der Waals surface area contributed by atoms with E-state index in [0.717, 1.165) is 51.6 Å². The molecule has 5 heteroatoms. The van der Waals surface area contributed by atoms with E-state index < -0.39 is 5.97 Å². The Kier molecular flexibility index (Phi) is 7.42. The van der Waals surface area contributed by atoms with E-state index in [0.29, 0.717) is 6.42 Å². The summed E-state index contributed by atoms with van der Waals surface area (Å²) >= 11 is 3.64. The lowest BCUT2D eigenvalue weighted by Crippen LogP contribution is -2.07. The highest BCUT2D eigenvalue weighted by molar-refractivity contribution is 9.10. The van der Waals surface area contributed by atoms with Crippen molar-refractivity contribution in [2.45, 2.75) is 58.8 Å². The molecule has 2 N–H and O–H groups in total. The van der Waals surface area contributed by atoms with E-state index in [4.69, 9.17) is 5.11 Å². The number of hydrogen-bond donors (Lipinski definition) is 2. The summed E-state index contributed by atoms with van der Waals surface area (Å²) in [7, 11) is 0. The first-order valence-corrected chi connectivity index (χ1v) is 9.98. The molecule has 0 amide bonds. The van der Waals surface area contributed by atoms with Crippen LogP contribution in [0.25, 0.3) is 0 Å². The van der Waals surface area contributed by atoms with Crippen molar-refractivity contribution < 1.29 is 19.4 Å². The largest absolute Gasteiger partial charge is 0.507 e. The van der Waals surface area contributed by atoms with Gasteiger partial charge in [-0.3, -0.25) is 4.79 Å². The summed E-state index contributed by atoms with van der Waals surface area (Å²) in [6, 6.07) is 6.41. The van der Waals surface area contributed by atoms with E-state index in [1.54, 1.807) is 12.1 Å². The van der Waals surface area contributed by atoms with Crippen LogP contribution in [0.2, 0.25) is 0 Å². The van der Waals surface area contributed by atoms with Gasteiger partial charge in [0.2, 0.25) is 0 Å². The number of rotatable bonds is 8. The molecule has 0 spiro atoms. The second kappa shape index (κ2) is 9.36.